The molecule has 2 unspecified atom stereocenters. The number of carbonyl (C=O) groups excluding carboxylic acids is 1. The first-order valence-corrected chi connectivity index (χ1v) is 31.5. The number of nitrogens with one attached hydrogen (secondary N) is 1. The standard InChI is InChI=1S/C66H123NO3/c1-3-5-7-9-11-13-15-17-19-21-23-25-27-29-30-31-32-33-34-35-36-38-40-42-44-46-48-50-52-54-56-58-60-62-66(70)67-64(63-68)65(69)61-59-57-55-53-51-49-47-45-43-41-39-37-28-26-24-22-20-18-16-14-12-10-8-6-4-2/h5,7,11,13,17,19,23,25,29-30,64-65,68-69H,3-4,6,8-10,12,14-16,18,20-22,24,26-28,31-63H2,1-2H3,(H,67,70)/b7-5-,13-11-,19-17-,25-23-,30-29-. The third-order valence-electron chi connectivity index (χ3n) is 14.5. The Balaban J connectivity index is 3.43. The molecule has 0 saturated heterocycles. The average Bonchev–Trinajstić information content (AvgIpc) is 3.36. The fourth-order valence-electron chi connectivity index (χ4n) is 9.80. The number of hydrogen-bond acceptors (Lipinski definition) is 3. The molecule has 0 bridgehead atoms. The van der Waals surface area contributed by atoms with Crippen molar-refractivity contribution in [3.8, 4) is 0 Å². The Hall–Kier alpha value is -1.91. The Labute approximate surface area is 438 Å². The highest BCUT2D eigenvalue weighted by Gasteiger charge is 2.20. The van der Waals surface area contributed by atoms with E-state index in [1.807, 2.05) is 0 Å². The summed E-state index contributed by atoms with van der Waals surface area (Å²) in [7, 11) is 0. The fourth-order valence-corrected chi connectivity index (χ4v) is 9.80. The van der Waals surface area contributed by atoms with Gasteiger partial charge in [0, 0.05) is 6.42 Å². The maximum absolute atomic E-state index is 12.5. The van der Waals surface area contributed by atoms with Crippen LogP contribution in [0.25, 0.3) is 0 Å². The van der Waals surface area contributed by atoms with E-state index in [1.54, 1.807) is 0 Å². The van der Waals surface area contributed by atoms with Gasteiger partial charge in [-0.3, -0.25) is 4.79 Å². The van der Waals surface area contributed by atoms with Crippen LogP contribution in [0.4, 0.5) is 0 Å². The summed E-state index contributed by atoms with van der Waals surface area (Å²) in [5, 5.41) is 23.4. The zero-order valence-electron chi connectivity index (χ0n) is 47.3. The van der Waals surface area contributed by atoms with Gasteiger partial charge >= 0.3 is 0 Å². The zero-order chi connectivity index (χ0) is 50.6. The van der Waals surface area contributed by atoms with E-state index in [4.69, 9.17) is 0 Å². The molecule has 3 N–H and O–H groups in total. The Morgan fingerprint density at radius 1 is 0.357 bits per heavy atom. The summed E-state index contributed by atoms with van der Waals surface area (Å²) in [6, 6.07) is -0.538. The smallest absolute Gasteiger partial charge is 0.220 e. The summed E-state index contributed by atoms with van der Waals surface area (Å²) in [5.41, 5.74) is 0. The van der Waals surface area contributed by atoms with E-state index in [2.05, 4.69) is 79.9 Å². The van der Waals surface area contributed by atoms with Gasteiger partial charge in [-0.25, -0.2) is 0 Å². The van der Waals surface area contributed by atoms with Gasteiger partial charge in [0.1, 0.15) is 0 Å². The highest BCUT2D eigenvalue weighted by molar-refractivity contribution is 5.76. The molecule has 0 aliphatic heterocycles. The minimum Gasteiger partial charge on any atom is -0.394 e. The third-order valence-corrected chi connectivity index (χ3v) is 14.5. The lowest BCUT2D eigenvalue weighted by atomic mass is 10.0. The third kappa shape index (κ3) is 57.0. The van der Waals surface area contributed by atoms with E-state index in [-0.39, 0.29) is 12.5 Å². The summed E-state index contributed by atoms with van der Waals surface area (Å²) in [5.74, 6) is -0.0269. The zero-order valence-corrected chi connectivity index (χ0v) is 47.3. The number of aliphatic hydroxyl groups is 2. The van der Waals surface area contributed by atoms with Gasteiger partial charge in [-0.1, -0.05) is 331 Å². The minimum absolute atomic E-state index is 0.0269. The predicted octanol–water partition coefficient (Wildman–Crippen LogP) is 21.2. The quantitative estimate of drug-likeness (QED) is 0.0420. The van der Waals surface area contributed by atoms with Crippen LogP contribution in [0.2, 0.25) is 0 Å². The molecule has 2 atom stereocenters. The van der Waals surface area contributed by atoms with Crippen molar-refractivity contribution in [1.29, 1.82) is 0 Å². The number of allylic oxidation sites excluding steroid dienone is 10. The van der Waals surface area contributed by atoms with Crippen LogP contribution in [-0.4, -0.2) is 34.9 Å². The van der Waals surface area contributed by atoms with Crippen LogP contribution in [0, 0.1) is 0 Å². The van der Waals surface area contributed by atoms with E-state index in [9.17, 15) is 15.0 Å². The molecule has 0 aliphatic carbocycles. The van der Waals surface area contributed by atoms with Gasteiger partial charge < -0.3 is 15.5 Å². The first-order chi connectivity index (χ1) is 34.7. The monoisotopic (exact) mass is 978 g/mol. The molecule has 0 fully saturated rings. The van der Waals surface area contributed by atoms with E-state index >= 15 is 0 Å². The summed E-state index contributed by atoms with van der Waals surface area (Å²) < 4.78 is 0. The first-order valence-electron chi connectivity index (χ1n) is 31.5. The number of carbonyl (C=O) groups is 1. The van der Waals surface area contributed by atoms with Crippen LogP contribution >= 0.6 is 0 Å². The highest BCUT2D eigenvalue weighted by Crippen LogP contribution is 2.18. The minimum atomic E-state index is -0.662. The normalized spacial score (nSPS) is 13.1. The second-order valence-corrected chi connectivity index (χ2v) is 21.5. The molecular weight excluding hydrogens is 855 g/mol. The Morgan fingerprint density at radius 2 is 0.629 bits per heavy atom. The summed E-state index contributed by atoms with van der Waals surface area (Å²) in [6.45, 7) is 4.28. The summed E-state index contributed by atoms with van der Waals surface area (Å²) >= 11 is 0. The maximum Gasteiger partial charge on any atom is 0.220 e. The lowest BCUT2D eigenvalue weighted by Crippen LogP contribution is -2.45. The van der Waals surface area contributed by atoms with Crippen LogP contribution in [0.3, 0.4) is 0 Å². The largest absolute Gasteiger partial charge is 0.394 e. The fraction of sp³-hybridized carbons (Fsp3) is 0.833. The Bertz CT molecular complexity index is 1150. The number of amides is 1. The Kier molecular flexibility index (Phi) is 59.7. The van der Waals surface area contributed by atoms with Crippen LogP contribution in [-0.2, 0) is 4.79 Å². The van der Waals surface area contributed by atoms with Crippen molar-refractivity contribution in [2.75, 3.05) is 6.61 Å². The average molecular weight is 979 g/mol. The van der Waals surface area contributed by atoms with Crippen molar-refractivity contribution in [1.82, 2.24) is 5.32 Å². The molecule has 0 radical (unpaired) electrons. The van der Waals surface area contributed by atoms with Crippen LogP contribution in [0.1, 0.15) is 335 Å². The molecule has 0 saturated carbocycles. The Morgan fingerprint density at radius 3 is 0.943 bits per heavy atom. The van der Waals surface area contributed by atoms with Gasteiger partial charge in [-0.15, -0.1) is 0 Å². The number of unbranched alkanes of at least 4 members (excludes halogenated alkanes) is 41. The van der Waals surface area contributed by atoms with E-state index in [0.717, 1.165) is 57.8 Å². The maximum atomic E-state index is 12.5. The molecule has 0 aromatic rings. The predicted molar refractivity (Wildman–Crippen MR) is 313 cm³/mol. The molecule has 410 valence electrons. The van der Waals surface area contributed by atoms with Gasteiger partial charge in [0.25, 0.3) is 0 Å². The first kappa shape index (κ1) is 68.1. The number of aliphatic hydroxyl groups excluding tert-OH is 2. The van der Waals surface area contributed by atoms with Gasteiger partial charge in [-0.05, 0) is 57.8 Å². The molecule has 0 spiro atoms. The SMILES string of the molecule is CC/C=C\C/C=C\C/C=C\C/C=C\C/C=C\CCCCCCCCCCCCCCCCCCCC(=O)NC(CO)C(O)CCCCCCCCCCCCCCCCCCCCCCCCCCC. The van der Waals surface area contributed by atoms with Crippen molar-refractivity contribution in [3.05, 3.63) is 60.8 Å². The molecule has 70 heavy (non-hydrogen) atoms. The van der Waals surface area contributed by atoms with Crippen LogP contribution in [0.5, 0.6) is 0 Å². The van der Waals surface area contributed by atoms with Crippen molar-refractivity contribution in [2.24, 2.45) is 0 Å². The van der Waals surface area contributed by atoms with Crippen LogP contribution < -0.4 is 5.32 Å². The highest BCUT2D eigenvalue weighted by atomic mass is 16.3. The van der Waals surface area contributed by atoms with Gasteiger partial charge in [0.05, 0.1) is 18.8 Å². The molecule has 4 heteroatoms. The molecule has 0 heterocycles. The molecule has 1 amide bonds. The molecular formula is C66H123NO3. The summed E-state index contributed by atoms with van der Waals surface area (Å²) in [4.78, 5) is 12.5. The van der Waals surface area contributed by atoms with Crippen molar-refractivity contribution in [3.63, 3.8) is 0 Å². The van der Waals surface area contributed by atoms with Crippen molar-refractivity contribution < 1.29 is 15.0 Å². The molecule has 0 aromatic carbocycles. The van der Waals surface area contributed by atoms with E-state index in [1.165, 1.54) is 250 Å². The van der Waals surface area contributed by atoms with Crippen molar-refractivity contribution >= 4 is 5.91 Å². The second kappa shape index (κ2) is 61.4. The van der Waals surface area contributed by atoms with Gasteiger partial charge in [0.2, 0.25) is 5.91 Å². The lowest BCUT2D eigenvalue weighted by molar-refractivity contribution is -0.123. The number of hydrogen-bond donors (Lipinski definition) is 3. The summed E-state index contributed by atoms with van der Waals surface area (Å²) in [6.07, 6.45) is 86.7. The lowest BCUT2D eigenvalue weighted by Gasteiger charge is -2.22. The van der Waals surface area contributed by atoms with E-state index < -0.39 is 12.1 Å². The van der Waals surface area contributed by atoms with Crippen LogP contribution in [0.15, 0.2) is 60.8 Å². The van der Waals surface area contributed by atoms with E-state index in [0.29, 0.717) is 12.8 Å². The molecule has 0 aliphatic rings. The topological polar surface area (TPSA) is 69.6 Å². The number of rotatable bonds is 58. The van der Waals surface area contributed by atoms with Gasteiger partial charge in [0.15, 0.2) is 0 Å². The molecule has 4 nitrogen and oxygen atoms in total. The van der Waals surface area contributed by atoms with Gasteiger partial charge in [-0.2, -0.15) is 0 Å². The second-order valence-electron chi connectivity index (χ2n) is 21.5. The molecule has 0 rings (SSSR count). The van der Waals surface area contributed by atoms with Crippen molar-refractivity contribution in [2.45, 2.75) is 347 Å². The molecule has 0 aromatic heterocycles.